The van der Waals surface area contributed by atoms with E-state index < -0.39 is 0 Å². The average molecular weight is 183 g/mol. The van der Waals surface area contributed by atoms with Crippen LogP contribution >= 0.6 is 0 Å². The Balaban J connectivity index is 2.39. The van der Waals surface area contributed by atoms with Gasteiger partial charge in [-0.3, -0.25) is 9.69 Å². The molecule has 13 heavy (non-hydrogen) atoms. The molecule has 4 heteroatoms. The molecule has 1 heterocycles. The molecule has 0 aromatic rings. The Morgan fingerprint density at radius 1 is 1.85 bits per heavy atom. The summed E-state index contributed by atoms with van der Waals surface area (Å²) in [5, 5.41) is 5.99. The second-order valence-corrected chi connectivity index (χ2v) is 3.23. The molecule has 0 bridgehead atoms. The van der Waals surface area contributed by atoms with E-state index in [1.807, 2.05) is 7.05 Å². The van der Waals surface area contributed by atoms with Crippen LogP contribution in [0.25, 0.3) is 0 Å². The molecule has 1 unspecified atom stereocenters. The minimum absolute atomic E-state index is 0.0336. The van der Waals surface area contributed by atoms with Gasteiger partial charge in [0, 0.05) is 26.2 Å². The van der Waals surface area contributed by atoms with Crippen LogP contribution in [0.4, 0.5) is 0 Å². The van der Waals surface area contributed by atoms with E-state index in [9.17, 15) is 4.79 Å². The molecule has 0 aromatic carbocycles. The van der Waals surface area contributed by atoms with Crippen molar-refractivity contribution in [1.82, 2.24) is 15.5 Å². The normalized spacial score (nSPS) is 23.9. The first-order valence-corrected chi connectivity index (χ1v) is 4.55. The number of amides is 1. The number of piperazine rings is 1. The highest BCUT2D eigenvalue weighted by Crippen LogP contribution is 1.99. The second kappa shape index (κ2) is 4.99. The third kappa shape index (κ3) is 2.82. The lowest BCUT2D eigenvalue weighted by atomic mass is 10.2. The van der Waals surface area contributed by atoms with Crippen molar-refractivity contribution in [2.75, 3.05) is 33.2 Å². The summed E-state index contributed by atoms with van der Waals surface area (Å²) < 4.78 is 0. The molecule has 1 saturated heterocycles. The highest BCUT2D eigenvalue weighted by Gasteiger charge is 2.24. The molecule has 1 fully saturated rings. The van der Waals surface area contributed by atoms with Gasteiger partial charge in [0.05, 0.1) is 0 Å². The molecular formula is C9H17N3O. The molecule has 0 saturated carbocycles. The Kier molecular flexibility index (Phi) is 3.92. The van der Waals surface area contributed by atoms with E-state index in [0.717, 1.165) is 19.6 Å². The maximum atomic E-state index is 11.5. The quantitative estimate of drug-likeness (QED) is 0.563. The minimum Gasteiger partial charge on any atom is -0.351 e. The summed E-state index contributed by atoms with van der Waals surface area (Å²) in [6.45, 7) is 6.72. The molecule has 1 aliphatic rings. The van der Waals surface area contributed by atoms with E-state index >= 15 is 0 Å². The van der Waals surface area contributed by atoms with Gasteiger partial charge in [0.25, 0.3) is 0 Å². The van der Waals surface area contributed by atoms with Gasteiger partial charge in [-0.05, 0) is 7.05 Å². The predicted octanol–water partition coefficient (Wildman–Crippen LogP) is -0.808. The third-order valence-electron chi connectivity index (χ3n) is 2.23. The highest BCUT2D eigenvalue weighted by molar-refractivity contribution is 5.82. The van der Waals surface area contributed by atoms with Crippen LogP contribution in [0.5, 0.6) is 0 Å². The number of carbonyl (C=O) groups is 1. The van der Waals surface area contributed by atoms with Crippen LogP contribution in [-0.2, 0) is 4.79 Å². The Bertz CT molecular complexity index is 193. The number of hydrogen-bond acceptors (Lipinski definition) is 3. The van der Waals surface area contributed by atoms with Crippen LogP contribution in [0.15, 0.2) is 12.7 Å². The van der Waals surface area contributed by atoms with Gasteiger partial charge >= 0.3 is 0 Å². The zero-order chi connectivity index (χ0) is 9.68. The van der Waals surface area contributed by atoms with Crippen molar-refractivity contribution in [2.45, 2.75) is 6.04 Å². The van der Waals surface area contributed by atoms with Gasteiger partial charge in [-0.1, -0.05) is 6.08 Å². The van der Waals surface area contributed by atoms with Gasteiger partial charge in [-0.25, -0.2) is 0 Å². The van der Waals surface area contributed by atoms with Crippen LogP contribution in [0.3, 0.4) is 0 Å². The minimum atomic E-state index is -0.0336. The number of hydrogen-bond donors (Lipinski definition) is 2. The van der Waals surface area contributed by atoms with E-state index in [2.05, 4.69) is 22.1 Å². The molecule has 1 amide bonds. The topological polar surface area (TPSA) is 44.4 Å². The molecule has 1 aliphatic heterocycles. The maximum absolute atomic E-state index is 11.5. The number of carbonyl (C=O) groups excluding carboxylic acids is 1. The SMILES string of the molecule is C=CCNC(=O)C1CNCCN1C. The van der Waals surface area contributed by atoms with Crippen molar-refractivity contribution in [3.05, 3.63) is 12.7 Å². The molecule has 0 radical (unpaired) electrons. The number of likely N-dealkylation sites (N-methyl/N-ethyl adjacent to an activating group) is 1. The first-order chi connectivity index (χ1) is 6.25. The standard InChI is InChI=1S/C9H17N3O/c1-3-4-11-9(13)8-7-10-5-6-12(8)2/h3,8,10H,1,4-7H2,2H3,(H,11,13). The average Bonchev–Trinajstić information content (AvgIpc) is 2.15. The fourth-order valence-electron chi connectivity index (χ4n) is 1.39. The molecule has 0 spiro atoms. The summed E-state index contributed by atoms with van der Waals surface area (Å²) in [5.74, 6) is 0.0783. The van der Waals surface area contributed by atoms with E-state index in [1.165, 1.54) is 0 Å². The number of nitrogens with zero attached hydrogens (tertiary/aromatic N) is 1. The van der Waals surface area contributed by atoms with E-state index in [-0.39, 0.29) is 11.9 Å². The lowest BCUT2D eigenvalue weighted by molar-refractivity contribution is -0.126. The monoisotopic (exact) mass is 183 g/mol. The molecular weight excluding hydrogens is 166 g/mol. The summed E-state index contributed by atoms with van der Waals surface area (Å²) in [4.78, 5) is 13.6. The van der Waals surface area contributed by atoms with Crippen LogP contribution in [-0.4, -0.2) is 50.1 Å². The fraction of sp³-hybridized carbons (Fsp3) is 0.667. The summed E-state index contributed by atoms with van der Waals surface area (Å²) >= 11 is 0. The second-order valence-electron chi connectivity index (χ2n) is 3.23. The molecule has 0 aromatic heterocycles. The smallest absolute Gasteiger partial charge is 0.238 e. The molecule has 1 atom stereocenters. The highest BCUT2D eigenvalue weighted by atomic mass is 16.2. The van der Waals surface area contributed by atoms with Crippen molar-refractivity contribution in [1.29, 1.82) is 0 Å². The van der Waals surface area contributed by atoms with Crippen molar-refractivity contribution in [3.63, 3.8) is 0 Å². The number of rotatable bonds is 3. The van der Waals surface area contributed by atoms with Gasteiger partial charge in [0.15, 0.2) is 0 Å². The molecule has 1 rings (SSSR count). The van der Waals surface area contributed by atoms with Crippen LogP contribution in [0.2, 0.25) is 0 Å². The van der Waals surface area contributed by atoms with Crippen molar-refractivity contribution >= 4 is 5.91 Å². The van der Waals surface area contributed by atoms with Crippen molar-refractivity contribution in [3.8, 4) is 0 Å². The zero-order valence-corrected chi connectivity index (χ0v) is 8.05. The molecule has 0 aliphatic carbocycles. The van der Waals surface area contributed by atoms with Crippen LogP contribution in [0.1, 0.15) is 0 Å². The van der Waals surface area contributed by atoms with Crippen LogP contribution < -0.4 is 10.6 Å². The zero-order valence-electron chi connectivity index (χ0n) is 8.05. The van der Waals surface area contributed by atoms with Gasteiger partial charge in [0.2, 0.25) is 5.91 Å². The molecule has 2 N–H and O–H groups in total. The maximum Gasteiger partial charge on any atom is 0.238 e. The van der Waals surface area contributed by atoms with Crippen LogP contribution in [0, 0.1) is 0 Å². The summed E-state index contributed by atoms with van der Waals surface area (Å²) in [6.07, 6.45) is 1.69. The van der Waals surface area contributed by atoms with Gasteiger partial charge in [-0.2, -0.15) is 0 Å². The lowest BCUT2D eigenvalue weighted by Crippen LogP contribution is -2.56. The Morgan fingerprint density at radius 2 is 2.62 bits per heavy atom. The van der Waals surface area contributed by atoms with Crippen molar-refractivity contribution in [2.24, 2.45) is 0 Å². The van der Waals surface area contributed by atoms with Gasteiger partial charge in [0.1, 0.15) is 6.04 Å². The first-order valence-electron chi connectivity index (χ1n) is 4.55. The summed E-state index contributed by atoms with van der Waals surface area (Å²) in [7, 11) is 1.97. The predicted molar refractivity (Wildman–Crippen MR) is 52.5 cm³/mol. The van der Waals surface area contributed by atoms with Gasteiger partial charge < -0.3 is 10.6 Å². The summed E-state index contributed by atoms with van der Waals surface area (Å²) in [6, 6.07) is -0.0336. The van der Waals surface area contributed by atoms with E-state index in [1.54, 1.807) is 6.08 Å². The molecule has 74 valence electrons. The van der Waals surface area contributed by atoms with E-state index in [0.29, 0.717) is 6.54 Å². The number of nitrogens with one attached hydrogen (secondary N) is 2. The third-order valence-corrected chi connectivity index (χ3v) is 2.23. The Hall–Kier alpha value is -0.870. The summed E-state index contributed by atoms with van der Waals surface area (Å²) in [5.41, 5.74) is 0. The first kappa shape index (κ1) is 10.2. The fourth-order valence-corrected chi connectivity index (χ4v) is 1.39. The van der Waals surface area contributed by atoms with Gasteiger partial charge in [-0.15, -0.1) is 6.58 Å². The van der Waals surface area contributed by atoms with E-state index in [4.69, 9.17) is 0 Å². The lowest BCUT2D eigenvalue weighted by Gasteiger charge is -2.31. The Morgan fingerprint density at radius 3 is 3.23 bits per heavy atom. The Labute approximate surface area is 79.0 Å². The largest absolute Gasteiger partial charge is 0.351 e. The van der Waals surface area contributed by atoms with Crippen molar-refractivity contribution < 1.29 is 4.79 Å². The molecule has 4 nitrogen and oxygen atoms in total.